The quantitative estimate of drug-likeness (QED) is 0.332. The number of hydrogen-bond acceptors (Lipinski definition) is 2. The number of aliphatic imine (C=N–C) groups is 1. The number of guanidine groups is 1. The molecule has 0 aromatic rings. The van der Waals surface area contributed by atoms with E-state index in [1.807, 2.05) is 0 Å². The van der Waals surface area contributed by atoms with E-state index in [9.17, 15) is 0 Å². The molecule has 0 aromatic carbocycles. The molecule has 0 aliphatic carbocycles. The SMILES string of the molecule is CC(C)CN=C(NN)N1CCCC1C(C)C. The summed E-state index contributed by atoms with van der Waals surface area (Å²) in [6.07, 6.45) is 2.49. The Bertz CT molecular complexity index is 235. The summed E-state index contributed by atoms with van der Waals surface area (Å²) in [4.78, 5) is 6.89. The van der Waals surface area contributed by atoms with Crippen molar-refractivity contribution < 1.29 is 0 Å². The molecular weight excluding hydrogens is 200 g/mol. The molecule has 16 heavy (non-hydrogen) atoms. The Balaban J connectivity index is 2.67. The van der Waals surface area contributed by atoms with Crippen molar-refractivity contribution in [2.45, 2.75) is 46.6 Å². The predicted molar refractivity (Wildman–Crippen MR) is 69.0 cm³/mol. The molecule has 1 aliphatic heterocycles. The van der Waals surface area contributed by atoms with E-state index < -0.39 is 0 Å². The summed E-state index contributed by atoms with van der Waals surface area (Å²) in [5.74, 6) is 7.67. The summed E-state index contributed by atoms with van der Waals surface area (Å²) >= 11 is 0. The Morgan fingerprint density at radius 2 is 2.12 bits per heavy atom. The predicted octanol–water partition coefficient (Wildman–Crippen LogP) is 1.58. The Labute approximate surface area is 99.3 Å². The van der Waals surface area contributed by atoms with E-state index in [4.69, 9.17) is 5.84 Å². The number of nitrogens with two attached hydrogens (primary N) is 1. The van der Waals surface area contributed by atoms with Crippen molar-refractivity contribution in [2.75, 3.05) is 13.1 Å². The van der Waals surface area contributed by atoms with Gasteiger partial charge in [0.1, 0.15) is 0 Å². The first-order chi connectivity index (χ1) is 7.56. The van der Waals surface area contributed by atoms with Gasteiger partial charge < -0.3 is 4.90 Å². The molecule has 1 rings (SSSR count). The molecule has 1 heterocycles. The number of rotatable bonds is 3. The molecule has 1 unspecified atom stereocenters. The fourth-order valence-corrected chi connectivity index (χ4v) is 2.24. The van der Waals surface area contributed by atoms with E-state index in [1.54, 1.807) is 0 Å². The molecule has 0 saturated carbocycles. The molecule has 0 spiro atoms. The fourth-order valence-electron chi connectivity index (χ4n) is 2.24. The number of nitrogens with one attached hydrogen (secondary N) is 1. The van der Waals surface area contributed by atoms with Crippen LogP contribution in [0.2, 0.25) is 0 Å². The highest BCUT2D eigenvalue weighted by molar-refractivity contribution is 5.80. The monoisotopic (exact) mass is 226 g/mol. The second-order valence-electron chi connectivity index (χ2n) is 5.35. The average molecular weight is 226 g/mol. The zero-order valence-electron chi connectivity index (χ0n) is 11.0. The maximum absolute atomic E-state index is 5.58. The highest BCUT2D eigenvalue weighted by Crippen LogP contribution is 2.23. The van der Waals surface area contributed by atoms with Crippen LogP contribution >= 0.6 is 0 Å². The van der Waals surface area contributed by atoms with Crippen LogP contribution in [0.25, 0.3) is 0 Å². The van der Waals surface area contributed by atoms with Crippen LogP contribution in [0.5, 0.6) is 0 Å². The summed E-state index contributed by atoms with van der Waals surface area (Å²) in [7, 11) is 0. The third-order valence-electron chi connectivity index (χ3n) is 3.08. The molecule has 1 atom stereocenters. The largest absolute Gasteiger partial charge is 0.339 e. The number of hydrogen-bond donors (Lipinski definition) is 2. The highest BCUT2D eigenvalue weighted by atomic mass is 15.4. The Hall–Kier alpha value is -0.770. The molecule has 0 bridgehead atoms. The lowest BCUT2D eigenvalue weighted by Gasteiger charge is -2.30. The minimum absolute atomic E-state index is 0.573. The summed E-state index contributed by atoms with van der Waals surface area (Å²) in [5.41, 5.74) is 2.76. The Morgan fingerprint density at radius 1 is 1.44 bits per heavy atom. The third kappa shape index (κ3) is 3.37. The van der Waals surface area contributed by atoms with Crippen molar-refractivity contribution in [3.05, 3.63) is 0 Å². The smallest absolute Gasteiger partial charge is 0.208 e. The van der Waals surface area contributed by atoms with Crippen LogP contribution in [-0.4, -0.2) is 30.0 Å². The van der Waals surface area contributed by atoms with E-state index in [0.717, 1.165) is 19.0 Å². The second kappa shape index (κ2) is 6.09. The number of hydrazine groups is 1. The van der Waals surface area contributed by atoms with Gasteiger partial charge in [-0.15, -0.1) is 0 Å². The van der Waals surface area contributed by atoms with Crippen molar-refractivity contribution >= 4 is 5.96 Å². The van der Waals surface area contributed by atoms with Gasteiger partial charge in [-0.05, 0) is 24.7 Å². The van der Waals surface area contributed by atoms with Gasteiger partial charge in [-0.1, -0.05) is 27.7 Å². The first-order valence-corrected chi connectivity index (χ1v) is 6.34. The van der Waals surface area contributed by atoms with Crippen molar-refractivity contribution in [1.82, 2.24) is 10.3 Å². The minimum Gasteiger partial charge on any atom is -0.339 e. The molecule has 1 saturated heterocycles. The Morgan fingerprint density at radius 3 is 2.62 bits per heavy atom. The van der Waals surface area contributed by atoms with Crippen LogP contribution in [0, 0.1) is 11.8 Å². The highest BCUT2D eigenvalue weighted by Gasteiger charge is 2.29. The average Bonchev–Trinajstić information content (AvgIpc) is 2.67. The summed E-state index contributed by atoms with van der Waals surface area (Å²) in [6.45, 7) is 10.8. The molecular formula is C12H26N4. The van der Waals surface area contributed by atoms with E-state index in [0.29, 0.717) is 17.9 Å². The Kier molecular flexibility index (Phi) is 5.06. The molecule has 4 nitrogen and oxygen atoms in total. The summed E-state index contributed by atoms with van der Waals surface area (Å²) in [5, 5.41) is 0. The lowest BCUT2D eigenvalue weighted by atomic mass is 10.0. The molecule has 1 aliphatic rings. The maximum atomic E-state index is 5.58. The number of nitrogens with zero attached hydrogens (tertiary/aromatic N) is 2. The lowest BCUT2D eigenvalue weighted by molar-refractivity contribution is 0.299. The van der Waals surface area contributed by atoms with E-state index in [-0.39, 0.29) is 0 Å². The first-order valence-electron chi connectivity index (χ1n) is 6.34. The van der Waals surface area contributed by atoms with Gasteiger partial charge in [-0.2, -0.15) is 0 Å². The van der Waals surface area contributed by atoms with E-state index in [2.05, 4.69) is 43.0 Å². The minimum atomic E-state index is 0.573. The van der Waals surface area contributed by atoms with Crippen molar-refractivity contribution in [3.8, 4) is 0 Å². The zero-order valence-corrected chi connectivity index (χ0v) is 11.0. The third-order valence-corrected chi connectivity index (χ3v) is 3.08. The van der Waals surface area contributed by atoms with Gasteiger partial charge >= 0.3 is 0 Å². The van der Waals surface area contributed by atoms with Gasteiger partial charge in [0, 0.05) is 19.1 Å². The first kappa shape index (κ1) is 13.3. The van der Waals surface area contributed by atoms with Crippen LogP contribution in [-0.2, 0) is 0 Å². The standard InChI is InChI=1S/C12H26N4/c1-9(2)8-14-12(15-13)16-7-5-6-11(16)10(3)4/h9-11H,5-8,13H2,1-4H3,(H,14,15). The maximum Gasteiger partial charge on any atom is 0.208 e. The molecule has 3 N–H and O–H groups in total. The molecule has 94 valence electrons. The lowest BCUT2D eigenvalue weighted by Crippen LogP contribution is -2.48. The molecule has 0 amide bonds. The van der Waals surface area contributed by atoms with Crippen LogP contribution in [0.4, 0.5) is 0 Å². The van der Waals surface area contributed by atoms with Gasteiger partial charge in [0.05, 0.1) is 0 Å². The van der Waals surface area contributed by atoms with Gasteiger partial charge in [0.25, 0.3) is 0 Å². The van der Waals surface area contributed by atoms with Gasteiger partial charge in [-0.3, -0.25) is 10.4 Å². The van der Waals surface area contributed by atoms with Crippen molar-refractivity contribution in [3.63, 3.8) is 0 Å². The van der Waals surface area contributed by atoms with Crippen LogP contribution in [0.1, 0.15) is 40.5 Å². The van der Waals surface area contributed by atoms with E-state index >= 15 is 0 Å². The number of likely N-dealkylation sites (tertiary alicyclic amines) is 1. The molecule has 0 aromatic heterocycles. The summed E-state index contributed by atoms with van der Waals surface area (Å²) in [6, 6.07) is 0.585. The fraction of sp³-hybridized carbons (Fsp3) is 0.917. The zero-order chi connectivity index (χ0) is 12.1. The van der Waals surface area contributed by atoms with Gasteiger partial charge in [-0.25, -0.2) is 5.84 Å². The van der Waals surface area contributed by atoms with Crippen molar-refractivity contribution in [1.29, 1.82) is 0 Å². The van der Waals surface area contributed by atoms with Crippen molar-refractivity contribution in [2.24, 2.45) is 22.7 Å². The van der Waals surface area contributed by atoms with Crippen LogP contribution < -0.4 is 11.3 Å². The van der Waals surface area contributed by atoms with Crippen LogP contribution in [0.3, 0.4) is 0 Å². The van der Waals surface area contributed by atoms with Gasteiger partial charge in [0.2, 0.25) is 5.96 Å². The molecule has 1 fully saturated rings. The van der Waals surface area contributed by atoms with E-state index in [1.165, 1.54) is 12.8 Å². The van der Waals surface area contributed by atoms with Gasteiger partial charge in [0.15, 0.2) is 0 Å². The summed E-state index contributed by atoms with van der Waals surface area (Å²) < 4.78 is 0. The molecule has 4 heteroatoms. The normalized spacial score (nSPS) is 22.3. The topological polar surface area (TPSA) is 53.6 Å². The molecule has 0 radical (unpaired) electrons. The second-order valence-corrected chi connectivity index (χ2v) is 5.35. The van der Waals surface area contributed by atoms with Crippen LogP contribution in [0.15, 0.2) is 4.99 Å².